The minimum atomic E-state index is -0.476. The molecule has 8 nitrogen and oxygen atoms in total. The van der Waals surface area contributed by atoms with E-state index in [1.54, 1.807) is 17.8 Å². The molecule has 0 radical (unpaired) electrons. The first kappa shape index (κ1) is 16.5. The maximum atomic E-state index is 12.2. The second kappa shape index (κ2) is 7.98. The zero-order valence-electron chi connectivity index (χ0n) is 13.7. The largest absolute Gasteiger partial charge is 0.461 e. The summed E-state index contributed by atoms with van der Waals surface area (Å²) in [5.41, 5.74) is 1.47. The van der Waals surface area contributed by atoms with Crippen LogP contribution in [0.3, 0.4) is 0 Å². The number of aromatic nitrogens is 4. The van der Waals surface area contributed by atoms with Crippen molar-refractivity contribution in [2.45, 2.75) is 13.5 Å². The van der Waals surface area contributed by atoms with Gasteiger partial charge in [0.25, 0.3) is 0 Å². The van der Waals surface area contributed by atoms with Crippen LogP contribution in [0.1, 0.15) is 17.4 Å². The van der Waals surface area contributed by atoms with Gasteiger partial charge in [-0.3, -0.25) is 9.88 Å². The average Bonchev–Trinajstić information content (AvgIpc) is 3.06. The number of pyridine rings is 1. The minimum absolute atomic E-state index is 0.206. The van der Waals surface area contributed by atoms with Gasteiger partial charge in [0.2, 0.25) is 0 Å². The SMILES string of the molecule is CCOC(=O)c1nnn(CCN2CCOCC2)c1-c1ccccn1. The van der Waals surface area contributed by atoms with Gasteiger partial charge in [-0.25, -0.2) is 9.48 Å². The quantitative estimate of drug-likeness (QED) is 0.726. The van der Waals surface area contributed by atoms with Gasteiger partial charge < -0.3 is 9.47 Å². The van der Waals surface area contributed by atoms with Crippen LogP contribution in [0, 0.1) is 0 Å². The molecule has 0 aliphatic carbocycles. The Morgan fingerprint density at radius 2 is 2.12 bits per heavy atom. The molecule has 3 heterocycles. The molecule has 0 amide bonds. The third-order valence-electron chi connectivity index (χ3n) is 3.84. The lowest BCUT2D eigenvalue weighted by Crippen LogP contribution is -2.38. The predicted octanol–water partition coefficient (Wildman–Crippen LogP) is 0.849. The van der Waals surface area contributed by atoms with Crippen LogP contribution in [0.5, 0.6) is 0 Å². The van der Waals surface area contributed by atoms with Crippen molar-refractivity contribution < 1.29 is 14.3 Å². The molecular formula is C16H21N5O3. The van der Waals surface area contributed by atoms with Crippen molar-refractivity contribution in [1.82, 2.24) is 24.9 Å². The smallest absolute Gasteiger partial charge is 0.361 e. The molecule has 0 aromatic carbocycles. The Morgan fingerprint density at radius 3 is 2.83 bits per heavy atom. The van der Waals surface area contributed by atoms with E-state index in [0.717, 1.165) is 32.8 Å². The number of hydrogen-bond acceptors (Lipinski definition) is 7. The molecule has 0 N–H and O–H groups in total. The molecule has 128 valence electrons. The number of carbonyl (C=O) groups is 1. The topological polar surface area (TPSA) is 82.4 Å². The molecule has 8 heteroatoms. The Morgan fingerprint density at radius 1 is 1.29 bits per heavy atom. The summed E-state index contributed by atoms with van der Waals surface area (Å²) >= 11 is 0. The lowest BCUT2D eigenvalue weighted by Gasteiger charge is -2.26. The first-order chi connectivity index (χ1) is 11.8. The van der Waals surface area contributed by atoms with E-state index in [4.69, 9.17) is 9.47 Å². The van der Waals surface area contributed by atoms with Gasteiger partial charge in [0.05, 0.1) is 32.1 Å². The summed E-state index contributed by atoms with van der Waals surface area (Å²) in [4.78, 5) is 18.8. The van der Waals surface area contributed by atoms with E-state index in [-0.39, 0.29) is 5.69 Å². The molecule has 0 unspecified atom stereocenters. The maximum absolute atomic E-state index is 12.2. The highest BCUT2D eigenvalue weighted by molar-refractivity contribution is 5.93. The van der Waals surface area contributed by atoms with Crippen molar-refractivity contribution in [3.63, 3.8) is 0 Å². The molecule has 0 atom stereocenters. The molecule has 1 saturated heterocycles. The van der Waals surface area contributed by atoms with Crippen molar-refractivity contribution in [2.24, 2.45) is 0 Å². The lowest BCUT2D eigenvalue weighted by atomic mass is 10.2. The predicted molar refractivity (Wildman–Crippen MR) is 86.5 cm³/mol. The Labute approximate surface area is 140 Å². The molecule has 1 aliphatic heterocycles. The summed E-state index contributed by atoms with van der Waals surface area (Å²) in [5, 5.41) is 8.18. The van der Waals surface area contributed by atoms with E-state index in [1.165, 1.54) is 0 Å². The van der Waals surface area contributed by atoms with Gasteiger partial charge in [-0.15, -0.1) is 5.10 Å². The number of rotatable bonds is 6. The minimum Gasteiger partial charge on any atom is -0.461 e. The van der Waals surface area contributed by atoms with Crippen LogP contribution in [0.4, 0.5) is 0 Å². The third-order valence-corrected chi connectivity index (χ3v) is 3.84. The van der Waals surface area contributed by atoms with Gasteiger partial charge >= 0.3 is 5.97 Å². The second-order valence-electron chi connectivity index (χ2n) is 5.40. The number of ether oxygens (including phenoxy) is 2. The Kier molecular flexibility index (Phi) is 5.50. The molecule has 0 bridgehead atoms. The van der Waals surface area contributed by atoms with E-state index in [0.29, 0.717) is 24.5 Å². The molecule has 2 aromatic heterocycles. The van der Waals surface area contributed by atoms with Crippen molar-refractivity contribution in [3.05, 3.63) is 30.1 Å². The lowest BCUT2D eigenvalue weighted by molar-refractivity contribution is 0.0359. The zero-order valence-corrected chi connectivity index (χ0v) is 13.7. The first-order valence-electron chi connectivity index (χ1n) is 8.11. The van der Waals surface area contributed by atoms with Crippen LogP contribution >= 0.6 is 0 Å². The fourth-order valence-corrected chi connectivity index (χ4v) is 2.62. The van der Waals surface area contributed by atoms with Gasteiger partial charge in [0, 0.05) is 25.8 Å². The van der Waals surface area contributed by atoms with Crippen LogP contribution in [0.25, 0.3) is 11.4 Å². The standard InChI is InChI=1S/C16H21N5O3/c1-2-24-16(22)14-15(13-5-3-4-6-17-13)21(19-18-14)8-7-20-9-11-23-12-10-20/h3-6H,2,7-12H2,1H3. The van der Waals surface area contributed by atoms with E-state index in [1.807, 2.05) is 18.2 Å². The van der Waals surface area contributed by atoms with Crippen molar-refractivity contribution in [1.29, 1.82) is 0 Å². The molecule has 3 rings (SSSR count). The fourth-order valence-electron chi connectivity index (χ4n) is 2.62. The van der Waals surface area contributed by atoms with E-state index < -0.39 is 5.97 Å². The normalized spacial score (nSPS) is 15.4. The maximum Gasteiger partial charge on any atom is 0.361 e. The summed E-state index contributed by atoms with van der Waals surface area (Å²) in [7, 11) is 0. The van der Waals surface area contributed by atoms with Crippen LogP contribution in [0.2, 0.25) is 0 Å². The Hall–Kier alpha value is -2.32. The molecule has 1 fully saturated rings. The van der Waals surface area contributed by atoms with Crippen molar-refractivity contribution in [3.8, 4) is 11.4 Å². The Bertz CT molecular complexity index is 668. The summed E-state index contributed by atoms with van der Waals surface area (Å²) in [6, 6.07) is 5.54. The molecule has 0 saturated carbocycles. The first-order valence-corrected chi connectivity index (χ1v) is 8.11. The van der Waals surface area contributed by atoms with E-state index >= 15 is 0 Å². The number of esters is 1. The van der Waals surface area contributed by atoms with E-state index in [9.17, 15) is 4.79 Å². The van der Waals surface area contributed by atoms with Gasteiger partial charge in [-0.2, -0.15) is 0 Å². The van der Waals surface area contributed by atoms with Crippen LogP contribution in [-0.4, -0.2) is 70.3 Å². The van der Waals surface area contributed by atoms with E-state index in [2.05, 4.69) is 20.2 Å². The average molecular weight is 331 g/mol. The summed E-state index contributed by atoms with van der Waals surface area (Å²) in [6.07, 6.45) is 1.68. The molecular weight excluding hydrogens is 310 g/mol. The third kappa shape index (κ3) is 3.77. The van der Waals surface area contributed by atoms with Crippen LogP contribution in [0.15, 0.2) is 24.4 Å². The van der Waals surface area contributed by atoms with Gasteiger partial charge in [0.1, 0.15) is 5.69 Å². The number of morpholine rings is 1. The van der Waals surface area contributed by atoms with Crippen molar-refractivity contribution in [2.75, 3.05) is 39.5 Å². The van der Waals surface area contributed by atoms with Crippen LogP contribution in [-0.2, 0) is 16.0 Å². The molecule has 2 aromatic rings. The monoisotopic (exact) mass is 331 g/mol. The fraction of sp³-hybridized carbons (Fsp3) is 0.500. The highest BCUT2D eigenvalue weighted by atomic mass is 16.5. The van der Waals surface area contributed by atoms with Crippen molar-refractivity contribution >= 4 is 5.97 Å². The van der Waals surface area contributed by atoms with Gasteiger partial charge in [-0.05, 0) is 19.1 Å². The summed E-state index contributed by atoms with van der Waals surface area (Å²) in [6.45, 7) is 6.79. The summed E-state index contributed by atoms with van der Waals surface area (Å²) in [5.74, 6) is -0.476. The number of hydrogen-bond donors (Lipinski definition) is 0. The number of nitrogens with zero attached hydrogens (tertiary/aromatic N) is 5. The van der Waals surface area contributed by atoms with Crippen LogP contribution < -0.4 is 0 Å². The Balaban J connectivity index is 1.84. The molecule has 0 spiro atoms. The van der Waals surface area contributed by atoms with Gasteiger partial charge in [-0.1, -0.05) is 11.3 Å². The second-order valence-corrected chi connectivity index (χ2v) is 5.40. The molecule has 1 aliphatic rings. The molecule has 24 heavy (non-hydrogen) atoms. The number of carbonyl (C=O) groups excluding carboxylic acids is 1. The highest BCUT2D eigenvalue weighted by Gasteiger charge is 2.23. The summed E-state index contributed by atoms with van der Waals surface area (Å²) < 4.78 is 12.2. The van der Waals surface area contributed by atoms with Gasteiger partial charge in [0.15, 0.2) is 5.69 Å². The highest BCUT2D eigenvalue weighted by Crippen LogP contribution is 2.20. The zero-order chi connectivity index (χ0) is 16.8.